The summed E-state index contributed by atoms with van der Waals surface area (Å²) in [7, 11) is 1.33. The predicted octanol–water partition coefficient (Wildman–Crippen LogP) is 3.12. The fourth-order valence-corrected chi connectivity index (χ4v) is 1.41. The number of hydrogen-bond donors (Lipinski definition) is 1. The molecule has 0 saturated carbocycles. The first-order valence-corrected chi connectivity index (χ1v) is 4.90. The second kappa shape index (κ2) is 4.74. The van der Waals surface area contributed by atoms with Crippen molar-refractivity contribution in [3.05, 3.63) is 29.3 Å². The van der Waals surface area contributed by atoms with Gasteiger partial charge in [0.05, 0.1) is 12.7 Å². The summed E-state index contributed by atoms with van der Waals surface area (Å²) in [5.41, 5.74) is 5.64. The Morgan fingerprint density at radius 2 is 2.00 bits per heavy atom. The Labute approximate surface area is 92.2 Å². The van der Waals surface area contributed by atoms with Crippen LogP contribution in [0.3, 0.4) is 0 Å². The molecule has 0 fully saturated rings. The van der Waals surface area contributed by atoms with E-state index in [1.165, 1.54) is 13.2 Å². The van der Waals surface area contributed by atoms with Crippen molar-refractivity contribution in [3.8, 4) is 5.75 Å². The van der Waals surface area contributed by atoms with E-state index in [2.05, 4.69) is 0 Å². The van der Waals surface area contributed by atoms with Crippen molar-refractivity contribution in [2.45, 2.75) is 25.6 Å². The predicted molar refractivity (Wildman–Crippen MR) is 55.2 cm³/mol. The zero-order chi connectivity index (χ0) is 12.3. The second-order valence-corrected chi connectivity index (χ2v) is 3.47. The van der Waals surface area contributed by atoms with Crippen molar-refractivity contribution in [3.63, 3.8) is 0 Å². The van der Waals surface area contributed by atoms with E-state index < -0.39 is 11.7 Å². The highest BCUT2D eigenvalue weighted by molar-refractivity contribution is 5.40. The Kier molecular flexibility index (Phi) is 3.80. The molecule has 0 aliphatic carbocycles. The maximum absolute atomic E-state index is 12.4. The van der Waals surface area contributed by atoms with E-state index in [-0.39, 0.29) is 11.8 Å². The van der Waals surface area contributed by atoms with E-state index in [1.807, 2.05) is 6.92 Å². The van der Waals surface area contributed by atoms with Crippen LogP contribution in [0.1, 0.15) is 30.5 Å². The number of alkyl halides is 3. The summed E-state index contributed by atoms with van der Waals surface area (Å²) in [6, 6.07) is 3.06. The van der Waals surface area contributed by atoms with Gasteiger partial charge in [0.2, 0.25) is 0 Å². The topological polar surface area (TPSA) is 35.2 Å². The molecule has 16 heavy (non-hydrogen) atoms. The largest absolute Gasteiger partial charge is 0.496 e. The van der Waals surface area contributed by atoms with E-state index >= 15 is 0 Å². The van der Waals surface area contributed by atoms with E-state index in [0.29, 0.717) is 12.0 Å². The molecule has 1 rings (SSSR count). The third-order valence-electron chi connectivity index (χ3n) is 2.40. The Hall–Kier alpha value is -1.23. The summed E-state index contributed by atoms with van der Waals surface area (Å²) >= 11 is 0. The van der Waals surface area contributed by atoms with Gasteiger partial charge < -0.3 is 10.5 Å². The van der Waals surface area contributed by atoms with Gasteiger partial charge in [-0.15, -0.1) is 0 Å². The van der Waals surface area contributed by atoms with Crippen LogP contribution in [0.25, 0.3) is 0 Å². The quantitative estimate of drug-likeness (QED) is 0.870. The lowest BCUT2D eigenvalue weighted by molar-refractivity contribution is -0.137. The van der Waals surface area contributed by atoms with Crippen LogP contribution < -0.4 is 10.5 Å². The molecular weight excluding hydrogens is 219 g/mol. The van der Waals surface area contributed by atoms with Crippen molar-refractivity contribution in [1.82, 2.24) is 0 Å². The van der Waals surface area contributed by atoms with Crippen LogP contribution in [-0.4, -0.2) is 7.11 Å². The number of benzene rings is 1. The maximum atomic E-state index is 12.4. The summed E-state index contributed by atoms with van der Waals surface area (Å²) in [5, 5.41) is 0. The first-order valence-electron chi connectivity index (χ1n) is 4.90. The number of halogens is 3. The Morgan fingerprint density at radius 1 is 1.38 bits per heavy atom. The van der Waals surface area contributed by atoms with Gasteiger partial charge in [-0.1, -0.05) is 13.0 Å². The van der Waals surface area contributed by atoms with Gasteiger partial charge >= 0.3 is 6.18 Å². The highest BCUT2D eigenvalue weighted by Gasteiger charge is 2.31. The van der Waals surface area contributed by atoms with Gasteiger partial charge in [0.15, 0.2) is 0 Å². The van der Waals surface area contributed by atoms with Gasteiger partial charge in [0.25, 0.3) is 0 Å². The summed E-state index contributed by atoms with van der Waals surface area (Å²) in [6.45, 7) is 1.86. The first-order chi connectivity index (χ1) is 7.40. The minimum absolute atomic E-state index is 0.184. The Balaban J connectivity index is 3.17. The maximum Gasteiger partial charge on any atom is 0.416 e. The van der Waals surface area contributed by atoms with Crippen LogP contribution >= 0.6 is 0 Å². The Bertz CT molecular complexity index is 363. The third-order valence-corrected chi connectivity index (χ3v) is 2.40. The summed E-state index contributed by atoms with van der Waals surface area (Å²) in [6.07, 6.45) is -3.72. The fraction of sp³-hybridized carbons (Fsp3) is 0.455. The zero-order valence-electron chi connectivity index (χ0n) is 9.14. The van der Waals surface area contributed by atoms with Gasteiger partial charge in [0, 0.05) is 11.6 Å². The normalized spacial score (nSPS) is 13.6. The lowest BCUT2D eigenvalue weighted by atomic mass is 10.0. The zero-order valence-corrected chi connectivity index (χ0v) is 9.14. The molecule has 0 saturated heterocycles. The van der Waals surface area contributed by atoms with E-state index in [4.69, 9.17) is 10.5 Å². The second-order valence-electron chi connectivity index (χ2n) is 3.47. The molecule has 0 aliphatic rings. The summed E-state index contributed by atoms with van der Waals surface area (Å²) in [5.74, 6) is 0.184. The third kappa shape index (κ3) is 2.66. The monoisotopic (exact) mass is 233 g/mol. The Morgan fingerprint density at radius 3 is 2.44 bits per heavy atom. The number of methoxy groups -OCH3 is 1. The molecule has 2 N–H and O–H groups in total. The molecule has 0 spiro atoms. The van der Waals surface area contributed by atoms with Crippen LogP contribution in [0, 0.1) is 0 Å². The smallest absolute Gasteiger partial charge is 0.416 e. The van der Waals surface area contributed by atoms with Gasteiger partial charge in [-0.2, -0.15) is 13.2 Å². The SMILES string of the molecule is CC[C@H](N)c1ccc(C(F)(F)F)cc1OC. The highest BCUT2D eigenvalue weighted by atomic mass is 19.4. The molecule has 0 unspecified atom stereocenters. The van der Waals surface area contributed by atoms with Crippen molar-refractivity contribution in [2.75, 3.05) is 7.11 Å². The van der Waals surface area contributed by atoms with Crippen molar-refractivity contribution in [2.24, 2.45) is 5.73 Å². The number of rotatable bonds is 3. The average Bonchev–Trinajstić information content (AvgIpc) is 2.26. The molecule has 0 aliphatic heterocycles. The minimum Gasteiger partial charge on any atom is -0.496 e. The number of hydrogen-bond acceptors (Lipinski definition) is 2. The fourth-order valence-electron chi connectivity index (χ4n) is 1.41. The molecule has 1 atom stereocenters. The molecule has 2 nitrogen and oxygen atoms in total. The molecule has 1 aromatic carbocycles. The standard InChI is InChI=1S/C11H14F3NO/c1-3-9(15)8-5-4-7(11(12,13)14)6-10(8)16-2/h4-6,9H,3,15H2,1-2H3/t9-/m0/s1. The van der Waals surface area contributed by atoms with Crippen LogP contribution in [0.4, 0.5) is 13.2 Å². The number of ether oxygens (including phenoxy) is 1. The molecule has 1 aromatic rings. The van der Waals surface area contributed by atoms with Crippen LogP contribution in [0.15, 0.2) is 18.2 Å². The first kappa shape index (κ1) is 12.8. The van der Waals surface area contributed by atoms with Gasteiger partial charge in [-0.05, 0) is 18.6 Å². The molecule has 0 heterocycles. The van der Waals surface area contributed by atoms with Crippen molar-refractivity contribution < 1.29 is 17.9 Å². The summed E-state index contributed by atoms with van der Waals surface area (Å²) < 4.78 is 42.2. The number of nitrogens with two attached hydrogens (primary N) is 1. The molecule has 5 heteroatoms. The van der Waals surface area contributed by atoms with Crippen LogP contribution in [0.5, 0.6) is 5.75 Å². The highest BCUT2D eigenvalue weighted by Crippen LogP contribution is 2.34. The van der Waals surface area contributed by atoms with Gasteiger partial charge in [-0.3, -0.25) is 0 Å². The molecule has 0 bridgehead atoms. The molecule has 0 amide bonds. The van der Waals surface area contributed by atoms with E-state index in [1.54, 1.807) is 0 Å². The van der Waals surface area contributed by atoms with Gasteiger partial charge in [0.1, 0.15) is 5.75 Å². The van der Waals surface area contributed by atoms with Crippen molar-refractivity contribution >= 4 is 0 Å². The molecule has 90 valence electrons. The van der Waals surface area contributed by atoms with E-state index in [0.717, 1.165) is 12.1 Å². The minimum atomic E-state index is -4.36. The van der Waals surface area contributed by atoms with Crippen molar-refractivity contribution in [1.29, 1.82) is 0 Å². The van der Waals surface area contributed by atoms with E-state index in [9.17, 15) is 13.2 Å². The van der Waals surface area contributed by atoms with Gasteiger partial charge in [-0.25, -0.2) is 0 Å². The molecule has 0 radical (unpaired) electrons. The summed E-state index contributed by atoms with van der Waals surface area (Å²) in [4.78, 5) is 0. The molecule has 0 aromatic heterocycles. The van der Waals surface area contributed by atoms with Crippen LogP contribution in [0.2, 0.25) is 0 Å². The molecular formula is C11H14F3NO. The average molecular weight is 233 g/mol. The lowest BCUT2D eigenvalue weighted by Crippen LogP contribution is -2.12. The lowest BCUT2D eigenvalue weighted by Gasteiger charge is -2.16. The van der Waals surface area contributed by atoms with Crippen LogP contribution in [-0.2, 0) is 6.18 Å².